The predicted molar refractivity (Wildman–Crippen MR) is 100 cm³/mol. The molecule has 0 unspecified atom stereocenters. The summed E-state index contributed by atoms with van der Waals surface area (Å²) in [6.45, 7) is 1.00. The van der Waals surface area contributed by atoms with Crippen molar-refractivity contribution in [2.75, 3.05) is 13.7 Å². The molecule has 6 heteroatoms. The highest BCUT2D eigenvalue weighted by Gasteiger charge is 2.34. The van der Waals surface area contributed by atoms with Gasteiger partial charge in [0.1, 0.15) is 16.5 Å². The number of ether oxygens (including phenoxy) is 1. The summed E-state index contributed by atoms with van der Waals surface area (Å²) in [5.41, 5.74) is 7.31. The average Bonchev–Trinajstić information content (AvgIpc) is 3.16. The highest BCUT2D eigenvalue weighted by molar-refractivity contribution is 7.09. The van der Waals surface area contributed by atoms with Crippen molar-refractivity contribution in [1.82, 2.24) is 10.3 Å². The zero-order chi connectivity index (χ0) is 17.7. The van der Waals surface area contributed by atoms with Gasteiger partial charge in [-0.2, -0.15) is 0 Å². The lowest BCUT2D eigenvalue weighted by molar-refractivity contribution is 0.0932. The van der Waals surface area contributed by atoms with E-state index in [0.717, 1.165) is 23.6 Å². The van der Waals surface area contributed by atoms with Gasteiger partial charge in [-0.05, 0) is 30.5 Å². The zero-order valence-corrected chi connectivity index (χ0v) is 15.4. The fraction of sp³-hybridized carbons (Fsp3) is 0.474. The number of hydrogen-bond acceptors (Lipinski definition) is 5. The number of thiazole rings is 1. The van der Waals surface area contributed by atoms with Gasteiger partial charge in [-0.1, -0.05) is 31.4 Å². The monoisotopic (exact) mass is 359 g/mol. The second-order valence-electron chi connectivity index (χ2n) is 6.58. The molecule has 134 valence electrons. The van der Waals surface area contributed by atoms with Crippen LogP contribution in [-0.4, -0.2) is 24.5 Å². The van der Waals surface area contributed by atoms with Crippen molar-refractivity contribution in [1.29, 1.82) is 0 Å². The van der Waals surface area contributed by atoms with Crippen LogP contribution in [0, 0.1) is 0 Å². The molecule has 0 saturated heterocycles. The Balaban J connectivity index is 1.75. The smallest absolute Gasteiger partial charge is 0.270 e. The first-order chi connectivity index (χ1) is 12.2. The molecule has 25 heavy (non-hydrogen) atoms. The van der Waals surface area contributed by atoms with Crippen LogP contribution in [-0.2, 0) is 12.0 Å². The van der Waals surface area contributed by atoms with Crippen LogP contribution in [0.5, 0.6) is 5.75 Å². The lowest BCUT2D eigenvalue weighted by Gasteiger charge is -2.38. The van der Waals surface area contributed by atoms with Crippen molar-refractivity contribution in [2.45, 2.75) is 44.1 Å². The van der Waals surface area contributed by atoms with Gasteiger partial charge in [0.15, 0.2) is 0 Å². The summed E-state index contributed by atoms with van der Waals surface area (Å²) in [6.07, 6.45) is 5.82. The Labute approximate surface area is 152 Å². The number of hydrogen-bond donors (Lipinski definition) is 2. The van der Waals surface area contributed by atoms with Crippen molar-refractivity contribution < 1.29 is 9.53 Å². The quantitative estimate of drug-likeness (QED) is 0.830. The maximum atomic E-state index is 12.5. The topological polar surface area (TPSA) is 77.2 Å². The SMILES string of the molecule is COc1ccc(C2(CNC(=O)c3csc(CN)n3)CCCCC2)cc1. The Morgan fingerprint density at radius 1 is 1.28 bits per heavy atom. The third kappa shape index (κ3) is 4.02. The molecule has 5 nitrogen and oxygen atoms in total. The van der Waals surface area contributed by atoms with Gasteiger partial charge in [-0.15, -0.1) is 11.3 Å². The molecule has 0 atom stereocenters. The molecule has 1 aliphatic rings. The van der Waals surface area contributed by atoms with Crippen molar-refractivity contribution in [3.63, 3.8) is 0 Å². The molecule has 1 amide bonds. The Morgan fingerprint density at radius 2 is 2.00 bits per heavy atom. The first kappa shape index (κ1) is 17.9. The van der Waals surface area contributed by atoms with Gasteiger partial charge >= 0.3 is 0 Å². The molecule has 0 aliphatic heterocycles. The summed E-state index contributed by atoms with van der Waals surface area (Å²) in [4.78, 5) is 16.7. The number of carbonyl (C=O) groups excluding carboxylic acids is 1. The Morgan fingerprint density at radius 3 is 2.60 bits per heavy atom. The summed E-state index contributed by atoms with van der Waals surface area (Å²) >= 11 is 1.43. The van der Waals surface area contributed by atoms with Crippen LogP contribution in [0.4, 0.5) is 0 Å². The maximum Gasteiger partial charge on any atom is 0.270 e. The molecule has 1 saturated carbocycles. The number of amides is 1. The summed E-state index contributed by atoms with van der Waals surface area (Å²) < 4.78 is 5.27. The molecular weight excluding hydrogens is 334 g/mol. The number of benzene rings is 1. The molecule has 3 rings (SSSR count). The van der Waals surface area contributed by atoms with Gasteiger partial charge in [0.25, 0.3) is 5.91 Å². The molecule has 1 fully saturated rings. The highest BCUT2D eigenvalue weighted by Crippen LogP contribution is 2.39. The van der Waals surface area contributed by atoms with Crippen LogP contribution in [0.3, 0.4) is 0 Å². The van der Waals surface area contributed by atoms with Crippen molar-refractivity contribution in [3.05, 3.63) is 45.9 Å². The van der Waals surface area contributed by atoms with E-state index in [4.69, 9.17) is 10.5 Å². The number of aromatic nitrogens is 1. The van der Waals surface area contributed by atoms with Gasteiger partial charge in [0, 0.05) is 23.9 Å². The second-order valence-corrected chi connectivity index (χ2v) is 7.53. The molecule has 0 spiro atoms. The molecular formula is C19H25N3O2S. The number of carbonyl (C=O) groups is 1. The van der Waals surface area contributed by atoms with Crippen LogP contribution in [0.15, 0.2) is 29.6 Å². The average molecular weight is 359 g/mol. The molecule has 1 aliphatic carbocycles. The van der Waals surface area contributed by atoms with Gasteiger partial charge in [0.2, 0.25) is 0 Å². The van der Waals surface area contributed by atoms with Crippen LogP contribution >= 0.6 is 11.3 Å². The molecule has 2 aromatic rings. The highest BCUT2D eigenvalue weighted by atomic mass is 32.1. The molecule has 0 bridgehead atoms. The number of nitrogens with two attached hydrogens (primary N) is 1. The molecule has 0 radical (unpaired) electrons. The van der Waals surface area contributed by atoms with E-state index in [-0.39, 0.29) is 11.3 Å². The Kier molecular flexibility index (Phi) is 5.71. The van der Waals surface area contributed by atoms with Gasteiger partial charge in [0.05, 0.1) is 7.11 Å². The predicted octanol–water partition coefficient (Wildman–Crippen LogP) is 3.24. The van der Waals surface area contributed by atoms with E-state index in [0.29, 0.717) is 18.8 Å². The minimum absolute atomic E-state index is 0.00704. The first-order valence-corrected chi connectivity index (χ1v) is 9.62. The third-order valence-corrected chi connectivity index (χ3v) is 5.93. The molecule has 3 N–H and O–H groups in total. The van der Waals surface area contributed by atoms with E-state index in [9.17, 15) is 4.79 Å². The number of nitrogens with one attached hydrogen (secondary N) is 1. The summed E-state index contributed by atoms with van der Waals surface area (Å²) in [5, 5.41) is 5.67. The Hall–Kier alpha value is -1.92. The molecule has 1 heterocycles. The van der Waals surface area contributed by atoms with Crippen LogP contribution in [0.2, 0.25) is 0 Å². The number of nitrogens with zero attached hydrogens (tertiary/aromatic N) is 1. The normalized spacial score (nSPS) is 16.4. The van der Waals surface area contributed by atoms with Gasteiger partial charge < -0.3 is 15.8 Å². The van der Waals surface area contributed by atoms with Gasteiger partial charge in [-0.3, -0.25) is 4.79 Å². The summed E-state index contributed by atoms with van der Waals surface area (Å²) in [5.74, 6) is 0.741. The van der Waals surface area contributed by atoms with Crippen molar-refractivity contribution >= 4 is 17.2 Å². The van der Waals surface area contributed by atoms with Gasteiger partial charge in [-0.25, -0.2) is 4.98 Å². The van der Waals surface area contributed by atoms with Crippen LogP contribution in [0.1, 0.15) is 53.2 Å². The fourth-order valence-corrected chi connectivity index (χ4v) is 4.24. The van der Waals surface area contributed by atoms with Crippen LogP contribution < -0.4 is 15.8 Å². The van der Waals surface area contributed by atoms with E-state index in [1.165, 1.54) is 36.2 Å². The third-order valence-electron chi connectivity index (χ3n) is 5.06. The Bertz CT molecular complexity index is 706. The summed E-state index contributed by atoms with van der Waals surface area (Å²) in [6, 6.07) is 8.26. The standard InChI is InChI=1S/C19H25N3O2S/c1-24-15-7-5-14(6-8-15)19(9-3-2-4-10-19)13-21-18(23)16-12-25-17(11-20)22-16/h5-8,12H,2-4,9-11,13,20H2,1H3,(H,21,23). The van der Waals surface area contributed by atoms with E-state index >= 15 is 0 Å². The molecule has 1 aromatic heterocycles. The molecule has 1 aromatic carbocycles. The van der Waals surface area contributed by atoms with Crippen molar-refractivity contribution in [3.8, 4) is 5.75 Å². The minimum Gasteiger partial charge on any atom is -0.497 e. The first-order valence-electron chi connectivity index (χ1n) is 8.74. The lowest BCUT2D eigenvalue weighted by Crippen LogP contribution is -2.42. The minimum atomic E-state index is -0.116. The maximum absolute atomic E-state index is 12.5. The van der Waals surface area contributed by atoms with E-state index in [2.05, 4.69) is 22.4 Å². The van der Waals surface area contributed by atoms with E-state index < -0.39 is 0 Å². The van der Waals surface area contributed by atoms with Crippen LogP contribution in [0.25, 0.3) is 0 Å². The summed E-state index contributed by atoms with van der Waals surface area (Å²) in [7, 11) is 1.68. The second kappa shape index (κ2) is 7.97. The largest absolute Gasteiger partial charge is 0.497 e. The van der Waals surface area contributed by atoms with Crippen molar-refractivity contribution in [2.24, 2.45) is 5.73 Å². The zero-order valence-electron chi connectivity index (χ0n) is 14.6. The number of rotatable bonds is 6. The van der Waals surface area contributed by atoms with E-state index in [1.54, 1.807) is 12.5 Å². The number of methoxy groups -OCH3 is 1. The fourth-order valence-electron chi connectivity index (χ4n) is 3.59. The van der Waals surface area contributed by atoms with E-state index in [1.807, 2.05) is 12.1 Å². The lowest BCUT2D eigenvalue weighted by atomic mass is 9.69.